The number of para-hydroxylation sites is 1. The van der Waals surface area contributed by atoms with Gasteiger partial charge >= 0.3 is 6.03 Å². The standard InChI is InChI=1S/C22H25N3OS/c1-15-9-3-5-11-18(15)24-22(26)23-16(2)20-17-10-4-6-12-19(17)27-21(20)25-13-7-8-14-25/h3,5,7-9,11,13-14,16H,4,6,10,12H2,1-2H3,(H2,23,24,26)/t16-/m0/s1. The summed E-state index contributed by atoms with van der Waals surface area (Å²) in [6.45, 7) is 4.08. The molecule has 4 rings (SSSR count). The number of urea groups is 1. The lowest BCUT2D eigenvalue weighted by Gasteiger charge is -2.20. The smallest absolute Gasteiger partial charge is 0.319 e. The Hall–Kier alpha value is -2.53. The van der Waals surface area contributed by atoms with Crippen LogP contribution in [0.1, 0.15) is 47.4 Å². The van der Waals surface area contributed by atoms with E-state index in [0.29, 0.717) is 0 Å². The second-order valence-corrected chi connectivity index (χ2v) is 8.24. The number of amides is 2. The normalized spacial score (nSPS) is 14.4. The van der Waals surface area contributed by atoms with E-state index in [-0.39, 0.29) is 12.1 Å². The predicted molar refractivity (Wildman–Crippen MR) is 112 cm³/mol. The number of rotatable bonds is 4. The molecular weight excluding hydrogens is 354 g/mol. The van der Waals surface area contributed by atoms with Gasteiger partial charge in [0.15, 0.2) is 0 Å². The van der Waals surface area contributed by atoms with Gasteiger partial charge in [0, 0.05) is 28.5 Å². The van der Waals surface area contributed by atoms with Gasteiger partial charge in [0.05, 0.1) is 6.04 Å². The Bertz CT molecular complexity index is 943. The van der Waals surface area contributed by atoms with Crippen LogP contribution >= 0.6 is 11.3 Å². The number of thiophene rings is 1. The zero-order chi connectivity index (χ0) is 18.8. The zero-order valence-corrected chi connectivity index (χ0v) is 16.6. The van der Waals surface area contributed by atoms with Crippen LogP contribution < -0.4 is 10.6 Å². The molecule has 0 aliphatic heterocycles. The minimum atomic E-state index is -0.161. The molecule has 0 spiro atoms. The van der Waals surface area contributed by atoms with Crippen molar-refractivity contribution in [2.75, 3.05) is 5.32 Å². The zero-order valence-electron chi connectivity index (χ0n) is 15.8. The number of anilines is 1. The van der Waals surface area contributed by atoms with E-state index in [4.69, 9.17) is 0 Å². The van der Waals surface area contributed by atoms with Gasteiger partial charge in [-0.2, -0.15) is 0 Å². The molecule has 2 N–H and O–H groups in total. The Morgan fingerprint density at radius 1 is 1.11 bits per heavy atom. The highest BCUT2D eigenvalue weighted by Crippen LogP contribution is 2.40. The minimum Gasteiger partial charge on any atom is -0.331 e. The number of hydrogen-bond acceptors (Lipinski definition) is 2. The first kappa shape index (κ1) is 17.9. The molecule has 2 amide bonds. The number of hydrogen-bond donors (Lipinski definition) is 2. The molecule has 1 atom stereocenters. The SMILES string of the molecule is Cc1ccccc1NC(=O)N[C@@H](C)c1c(-n2cccc2)sc2c1CCCC2. The Kier molecular flexibility index (Phi) is 5.03. The number of nitrogens with one attached hydrogen (secondary N) is 2. The van der Waals surface area contributed by atoms with Crippen LogP contribution in [0.3, 0.4) is 0 Å². The first-order valence-corrected chi connectivity index (χ1v) is 10.4. The number of aryl methyl sites for hydroxylation is 2. The fourth-order valence-corrected chi connectivity index (χ4v) is 5.28. The fraction of sp³-hybridized carbons (Fsp3) is 0.318. The molecule has 0 bridgehead atoms. The maximum absolute atomic E-state index is 12.6. The van der Waals surface area contributed by atoms with E-state index in [1.165, 1.54) is 33.8 Å². The quantitative estimate of drug-likeness (QED) is 0.608. The predicted octanol–water partition coefficient (Wildman–Crippen LogP) is 5.61. The van der Waals surface area contributed by atoms with Crippen LogP contribution in [0.4, 0.5) is 10.5 Å². The molecule has 0 fully saturated rings. The molecule has 27 heavy (non-hydrogen) atoms. The lowest BCUT2D eigenvalue weighted by molar-refractivity contribution is 0.249. The lowest BCUT2D eigenvalue weighted by atomic mass is 9.93. The summed E-state index contributed by atoms with van der Waals surface area (Å²) in [5.74, 6) is 0. The number of nitrogens with zero attached hydrogens (tertiary/aromatic N) is 1. The molecule has 5 heteroatoms. The van der Waals surface area contributed by atoms with Crippen molar-refractivity contribution >= 4 is 23.1 Å². The second-order valence-electron chi connectivity index (χ2n) is 7.16. The van der Waals surface area contributed by atoms with Gasteiger partial charge in [0.25, 0.3) is 0 Å². The van der Waals surface area contributed by atoms with E-state index in [2.05, 4.69) is 34.5 Å². The summed E-state index contributed by atoms with van der Waals surface area (Å²) in [6.07, 6.45) is 8.91. The van der Waals surface area contributed by atoms with Crippen LogP contribution in [0.5, 0.6) is 0 Å². The molecule has 0 saturated heterocycles. The molecule has 3 aromatic rings. The van der Waals surface area contributed by atoms with Crippen molar-refractivity contribution in [2.45, 2.75) is 45.6 Å². The summed E-state index contributed by atoms with van der Waals surface area (Å²) < 4.78 is 2.18. The van der Waals surface area contributed by atoms with Crippen LogP contribution in [0.25, 0.3) is 5.00 Å². The highest BCUT2D eigenvalue weighted by atomic mass is 32.1. The summed E-state index contributed by atoms with van der Waals surface area (Å²) in [6, 6.07) is 11.7. The Morgan fingerprint density at radius 2 is 1.85 bits per heavy atom. The van der Waals surface area contributed by atoms with Crippen LogP contribution in [0.2, 0.25) is 0 Å². The van der Waals surface area contributed by atoms with Crippen molar-refractivity contribution in [2.24, 2.45) is 0 Å². The van der Waals surface area contributed by atoms with Gasteiger partial charge in [-0.05, 0) is 68.9 Å². The number of benzene rings is 1. The first-order valence-electron chi connectivity index (χ1n) is 9.54. The molecule has 1 aromatic carbocycles. The van der Waals surface area contributed by atoms with Crippen molar-refractivity contribution in [3.05, 3.63) is 70.4 Å². The highest BCUT2D eigenvalue weighted by Gasteiger charge is 2.26. The van der Waals surface area contributed by atoms with E-state index >= 15 is 0 Å². The third-order valence-corrected chi connectivity index (χ3v) is 6.53. The first-order chi connectivity index (χ1) is 13.1. The Balaban J connectivity index is 1.59. The maximum Gasteiger partial charge on any atom is 0.319 e. The number of carbonyl (C=O) groups is 1. The summed E-state index contributed by atoms with van der Waals surface area (Å²) in [4.78, 5) is 14.1. The molecular formula is C22H25N3OS. The van der Waals surface area contributed by atoms with E-state index in [1.807, 2.05) is 54.7 Å². The van der Waals surface area contributed by atoms with E-state index in [1.54, 1.807) is 0 Å². The van der Waals surface area contributed by atoms with Crippen LogP contribution in [-0.4, -0.2) is 10.6 Å². The van der Waals surface area contributed by atoms with Crippen molar-refractivity contribution in [3.8, 4) is 5.00 Å². The van der Waals surface area contributed by atoms with Gasteiger partial charge in [-0.25, -0.2) is 4.79 Å². The topological polar surface area (TPSA) is 46.1 Å². The van der Waals surface area contributed by atoms with E-state index in [9.17, 15) is 4.79 Å². The third-order valence-electron chi connectivity index (χ3n) is 5.21. The molecule has 1 aliphatic carbocycles. The fourth-order valence-electron chi connectivity index (χ4n) is 3.82. The van der Waals surface area contributed by atoms with Gasteiger partial charge in [-0.3, -0.25) is 0 Å². The molecule has 0 unspecified atom stereocenters. The molecule has 2 heterocycles. The average Bonchev–Trinajstić information content (AvgIpc) is 3.30. The summed E-state index contributed by atoms with van der Waals surface area (Å²) in [5, 5.41) is 7.37. The van der Waals surface area contributed by atoms with Crippen molar-refractivity contribution in [1.82, 2.24) is 9.88 Å². The summed E-state index contributed by atoms with van der Waals surface area (Å²) in [7, 11) is 0. The third kappa shape index (κ3) is 3.65. The van der Waals surface area contributed by atoms with E-state index < -0.39 is 0 Å². The van der Waals surface area contributed by atoms with Crippen molar-refractivity contribution < 1.29 is 4.79 Å². The van der Waals surface area contributed by atoms with E-state index in [0.717, 1.165) is 24.1 Å². The molecule has 1 aliphatic rings. The van der Waals surface area contributed by atoms with Crippen LogP contribution in [0.15, 0.2) is 48.8 Å². The van der Waals surface area contributed by atoms with Crippen molar-refractivity contribution in [3.63, 3.8) is 0 Å². The van der Waals surface area contributed by atoms with Gasteiger partial charge in [0.2, 0.25) is 0 Å². The molecule has 140 valence electrons. The number of aromatic nitrogens is 1. The second kappa shape index (κ2) is 7.61. The van der Waals surface area contributed by atoms with Gasteiger partial charge in [0.1, 0.15) is 5.00 Å². The highest BCUT2D eigenvalue weighted by molar-refractivity contribution is 7.15. The Labute approximate surface area is 164 Å². The van der Waals surface area contributed by atoms with Gasteiger partial charge in [-0.1, -0.05) is 18.2 Å². The summed E-state index contributed by atoms with van der Waals surface area (Å²) in [5.41, 5.74) is 4.62. The van der Waals surface area contributed by atoms with Gasteiger partial charge in [-0.15, -0.1) is 11.3 Å². The van der Waals surface area contributed by atoms with Crippen LogP contribution in [0, 0.1) is 6.92 Å². The molecule has 0 saturated carbocycles. The number of fused-ring (bicyclic) bond motifs is 1. The van der Waals surface area contributed by atoms with Crippen molar-refractivity contribution in [1.29, 1.82) is 0 Å². The maximum atomic E-state index is 12.6. The van der Waals surface area contributed by atoms with Crippen LogP contribution in [-0.2, 0) is 12.8 Å². The molecule has 0 radical (unpaired) electrons. The minimum absolute atomic E-state index is 0.0514. The summed E-state index contributed by atoms with van der Waals surface area (Å²) >= 11 is 1.87. The Morgan fingerprint density at radius 3 is 2.63 bits per heavy atom. The molecule has 4 nitrogen and oxygen atoms in total. The monoisotopic (exact) mass is 379 g/mol. The number of carbonyl (C=O) groups excluding carboxylic acids is 1. The van der Waals surface area contributed by atoms with Gasteiger partial charge < -0.3 is 15.2 Å². The molecule has 2 aromatic heterocycles. The largest absolute Gasteiger partial charge is 0.331 e. The lowest BCUT2D eigenvalue weighted by Crippen LogP contribution is -2.32. The average molecular weight is 380 g/mol.